The smallest absolute Gasteiger partial charge is 0.152 e. The highest BCUT2D eigenvalue weighted by atomic mass is 79.9. The van der Waals surface area contributed by atoms with E-state index in [1.807, 2.05) is 42.6 Å². The molecule has 3 heterocycles. The predicted molar refractivity (Wildman–Crippen MR) is 175 cm³/mol. The van der Waals surface area contributed by atoms with Crippen LogP contribution in [-0.4, -0.2) is 53.1 Å². The van der Waals surface area contributed by atoms with E-state index in [9.17, 15) is 12.8 Å². The van der Waals surface area contributed by atoms with Gasteiger partial charge in [0.25, 0.3) is 0 Å². The lowest BCUT2D eigenvalue weighted by Crippen LogP contribution is -2.15. The van der Waals surface area contributed by atoms with Crippen LogP contribution in [-0.2, 0) is 27.6 Å². The van der Waals surface area contributed by atoms with Crippen LogP contribution in [0.5, 0.6) is 5.75 Å². The topological polar surface area (TPSA) is 116 Å². The number of aromatic nitrogens is 4. The minimum atomic E-state index is -3.02. The van der Waals surface area contributed by atoms with E-state index < -0.39 is 9.84 Å². The molecule has 0 bridgehead atoms. The Morgan fingerprint density at radius 1 is 1.02 bits per heavy atom. The number of thiazole rings is 1. The average molecular weight is 701 g/mol. The molecule has 0 aliphatic carbocycles. The molecule has 5 rings (SSSR count). The summed E-state index contributed by atoms with van der Waals surface area (Å²) in [7, 11) is -3.02. The fraction of sp³-hybridized carbons (Fsp3) is 0.290. The third kappa shape index (κ3) is 8.78. The molecule has 3 aromatic heterocycles. The summed E-state index contributed by atoms with van der Waals surface area (Å²) in [5, 5.41) is 7.08. The van der Waals surface area contributed by atoms with E-state index in [1.54, 1.807) is 23.6 Å². The first-order valence-corrected chi connectivity index (χ1v) is 17.6. The highest BCUT2D eigenvalue weighted by molar-refractivity contribution is 9.10. The third-order valence-electron chi connectivity index (χ3n) is 6.55. The van der Waals surface area contributed by atoms with Crippen LogP contribution in [0.15, 0.2) is 70.9 Å². The second-order valence-electron chi connectivity index (χ2n) is 9.99. The molecule has 0 radical (unpaired) electrons. The lowest BCUT2D eigenvalue weighted by atomic mass is 10.2. The summed E-state index contributed by atoms with van der Waals surface area (Å²) < 4.78 is 49.2. The number of ether oxygens (including phenoxy) is 2. The Kier molecular flexibility index (Phi) is 10.9. The van der Waals surface area contributed by atoms with E-state index in [1.165, 1.54) is 18.5 Å². The minimum Gasteiger partial charge on any atom is -0.488 e. The highest BCUT2D eigenvalue weighted by Gasteiger charge is 2.13. The second kappa shape index (κ2) is 15.0. The number of hydrogen-bond acceptors (Lipinski definition) is 10. The number of rotatable bonds is 15. The standard InChI is InChI=1S/C31H31BrFN5O4S2/c1-2-12-44(39,40)13-11-41-10-4-7-30-38-28(19-43-30)26-16-24-27(17-34-26)35-20-36-31(24)37-23-8-9-29(25(32)15-23)42-18-21-5-3-6-22(33)14-21/h3,5-6,8-9,14-17,19-20H,2,4,7,10-13,18H2,1H3,(H,35,36,37). The number of hydrogen-bond donors (Lipinski definition) is 1. The summed E-state index contributed by atoms with van der Waals surface area (Å²) in [6.45, 7) is 2.80. The molecule has 0 unspecified atom stereocenters. The molecule has 0 aliphatic heterocycles. The zero-order valence-electron chi connectivity index (χ0n) is 24.0. The average Bonchev–Trinajstić information content (AvgIpc) is 3.47. The molecule has 13 heteroatoms. The van der Waals surface area contributed by atoms with Gasteiger partial charge < -0.3 is 14.8 Å². The van der Waals surface area contributed by atoms with Crippen LogP contribution in [0, 0.1) is 5.82 Å². The van der Waals surface area contributed by atoms with Gasteiger partial charge in [-0.3, -0.25) is 4.98 Å². The first-order chi connectivity index (χ1) is 21.3. The molecule has 0 atom stereocenters. The zero-order valence-corrected chi connectivity index (χ0v) is 27.2. The van der Waals surface area contributed by atoms with Crippen molar-refractivity contribution in [3.63, 3.8) is 0 Å². The van der Waals surface area contributed by atoms with Crippen molar-refractivity contribution in [2.45, 2.75) is 32.8 Å². The molecule has 1 N–H and O–H groups in total. The fourth-order valence-electron chi connectivity index (χ4n) is 4.39. The number of nitrogens with zero attached hydrogens (tertiary/aromatic N) is 4. The van der Waals surface area contributed by atoms with Crippen LogP contribution < -0.4 is 10.1 Å². The largest absolute Gasteiger partial charge is 0.488 e. The van der Waals surface area contributed by atoms with Crippen molar-refractivity contribution < 1.29 is 22.3 Å². The lowest BCUT2D eigenvalue weighted by Gasteiger charge is -2.12. The molecule has 2 aromatic carbocycles. The summed E-state index contributed by atoms with van der Waals surface area (Å²) in [6.07, 6.45) is 5.29. The molecule has 0 saturated carbocycles. The maximum atomic E-state index is 13.5. The first-order valence-electron chi connectivity index (χ1n) is 14.1. The third-order valence-corrected chi connectivity index (χ3v) is 9.89. The van der Waals surface area contributed by atoms with Gasteiger partial charge in [0.05, 0.1) is 44.9 Å². The van der Waals surface area contributed by atoms with E-state index in [2.05, 4.69) is 36.2 Å². The lowest BCUT2D eigenvalue weighted by molar-refractivity contribution is 0.146. The number of sulfone groups is 1. The van der Waals surface area contributed by atoms with Crippen LogP contribution in [0.4, 0.5) is 15.9 Å². The fourth-order valence-corrected chi connectivity index (χ4v) is 6.91. The van der Waals surface area contributed by atoms with Crippen molar-refractivity contribution in [2.24, 2.45) is 0 Å². The van der Waals surface area contributed by atoms with Gasteiger partial charge in [0, 0.05) is 35.2 Å². The summed E-state index contributed by atoms with van der Waals surface area (Å²) >= 11 is 5.12. The van der Waals surface area contributed by atoms with Gasteiger partial charge in [-0.1, -0.05) is 19.1 Å². The number of anilines is 2. The van der Waals surface area contributed by atoms with Crippen LogP contribution >= 0.6 is 27.3 Å². The van der Waals surface area contributed by atoms with E-state index in [-0.39, 0.29) is 30.5 Å². The van der Waals surface area contributed by atoms with Crippen LogP contribution in [0.1, 0.15) is 30.3 Å². The van der Waals surface area contributed by atoms with Gasteiger partial charge in [-0.2, -0.15) is 0 Å². The number of pyridine rings is 1. The quantitative estimate of drug-likeness (QED) is 0.114. The highest BCUT2D eigenvalue weighted by Crippen LogP contribution is 2.32. The molecule has 44 heavy (non-hydrogen) atoms. The Labute approximate surface area is 268 Å². The number of benzene rings is 2. The number of aryl methyl sites for hydroxylation is 1. The Morgan fingerprint density at radius 2 is 1.91 bits per heavy atom. The van der Waals surface area contributed by atoms with Crippen LogP contribution in [0.25, 0.3) is 22.3 Å². The monoisotopic (exact) mass is 699 g/mol. The molecule has 0 amide bonds. The molecule has 0 spiro atoms. The molecule has 9 nitrogen and oxygen atoms in total. The van der Waals surface area contributed by atoms with Gasteiger partial charge in [0.1, 0.15) is 30.3 Å². The van der Waals surface area contributed by atoms with Gasteiger partial charge in [-0.05, 0) is 70.7 Å². The van der Waals surface area contributed by atoms with Gasteiger partial charge >= 0.3 is 0 Å². The van der Waals surface area contributed by atoms with E-state index in [0.29, 0.717) is 35.8 Å². The van der Waals surface area contributed by atoms with Crippen molar-refractivity contribution in [3.8, 4) is 17.1 Å². The van der Waals surface area contributed by atoms with Gasteiger partial charge in [-0.25, -0.2) is 27.8 Å². The predicted octanol–water partition coefficient (Wildman–Crippen LogP) is 7.15. The molecule has 5 aromatic rings. The van der Waals surface area contributed by atoms with Gasteiger partial charge in [-0.15, -0.1) is 11.3 Å². The Balaban J connectivity index is 1.20. The van der Waals surface area contributed by atoms with Crippen molar-refractivity contribution in [2.75, 3.05) is 30.0 Å². The van der Waals surface area contributed by atoms with E-state index >= 15 is 0 Å². The molecule has 230 valence electrons. The van der Waals surface area contributed by atoms with Gasteiger partial charge in [0.2, 0.25) is 0 Å². The molecule has 0 fully saturated rings. The normalized spacial score (nSPS) is 11.6. The number of fused-ring (bicyclic) bond motifs is 1. The summed E-state index contributed by atoms with van der Waals surface area (Å²) in [6, 6.07) is 13.8. The Hall–Kier alpha value is -3.52. The Morgan fingerprint density at radius 3 is 2.73 bits per heavy atom. The summed E-state index contributed by atoms with van der Waals surface area (Å²) in [5.74, 6) is 1.21. The van der Waals surface area contributed by atoms with Crippen LogP contribution in [0.3, 0.4) is 0 Å². The number of halogens is 2. The molecule has 0 aliphatic rings. The van der Waals surface area contributed by atoms with Gasteiger partial charge in [0.15, 0.2) is 9.84 Å². The maximum absolute atomic E-state index is 13.5. The molecular weight excluding hydrogens is 669 g/mol. The SMILES string of the molecule is CCCS(=O)(=O)CCOCCCc1nc(-c2cc3c(Nc4ccc(OCc5cccc(F)c5)c(Br)c4)ncnc3cn2)cs1. The second-order valence-corrected chi connectivity index (χ2v) is 14.1. The first kappa shape index (κ1) is 31.9. The van der Waals surface area contributed by atoms with Crippen molar-refractivity contribution in [3.05, 3.63) is 87.3 Å². The van der Waals surface area contributed by atoms with Crippen molar-refractivity contribution >= 4 is 59.5 Å². The maximum Gasteiger partial charge on any atom is 0.152 e. The Bertz CT molecular complexity index is 1840. The molecular formula is C31H31BrFN5O4S2. The minimum absolute atomic E-state index is 0.0610. The summed E-state index contributed by atoms with van der Waals surface area (Å²) in [5.41, 5.74) is 3.68. The van der Waals surface area contributed by atoms with Crippen molar-refractivity contribution in [1.82, 2.24) is 19.9 Å². The number of nitrogens with one attached hydrogen (secondary N) is 1. The van der Waals surface area contributed by atoms with Crippen molar-refractivity contribution in [1.29, 1.82) is 0 Å². The van der Waals surface area contributed by atoms with E-state index in [4.69, 9.17) is 14.5 Å². The van der Waals surface area contributed by atoms with E-state index in [0.717, 1.165) is 44.7 Å². The molecule has 0 saturated heterocycles. The van der Waals surface area contributed by atoms with Crippen LogP contribution in [0.2, 0.25) is 0 Å². The summed E-state index contributed by atoms with van der Waals surface area (Å²) in [4.78, 5) is 18.2. The zero-order chi connectivity index (χ0) is 30.9.